The summed E-state index contributed by atoms with van der Waals surface area (Å²) >= 11 is 0. The summed E-state index contributed by atoms with van der Waals surface area (Å²) in [6, 6.07) is 24.2. The van der Waals surface area contributed by atoms with Crippen molar-refractivity contribution in [2.75, 3.05) is 11.9 Å². The second-order valence-electron chi connectivity index (χ2n) is 8.73. The number of carbonyl (C=O) groups excluding carboxylic acids is 2. The summed E-state index contributed by atoms with van der Waals surface area (Å²) in [6.07, 6.45) is 0. The summed E-state index contributed by atoms with van der Waals surface area (Å²) in [5.74, 6) is 0.0965. The molecule has 0 aliphatic rings. The Kier molecular flexibility index (Phi) is 7.31. The van der Waals surface area contributed by atoms with Crippen LogP contribution in [0.3, 0.4) is 0 Å². The van der Waals surface area contributed by atoms with Gasteiger partial charge in [-0.25, -0.2) is 0 Å². The zero-order chi connectivity index (χ0) is 23.1. The first-order chi connectivity index (χ1) is 15.3. The maximum absolute atomic E-state index is 12.9. The van der Waals surface area contributed by atoms with Gasteiger partial charge in [-0.15, -0.1) is 0 Å². The molecule has 0 heterocycles. The summed E-state index contributed by atoms with van der Waals surface area (Å²) in [6.45, 7) is 8.07. The SMILES string of the molecule is C[C@H](NC(=O)c1ccccc1NC(=O)COc1ccccc1C(C)(C)C)c1ccccc1. The summed E-state index contributed by atoms with van der Waals surface area (Å²) in [4.78, 5) is 25.5. The van der Waals surface area contributed by atoms with E-state index >= 15 is 0 Å². The van der Waals surface area contributed by atoms with Crippen molar-refractivity contribution in [1.29, 1.82) is 0 Å². The number of anilines is 1. The van der Waals surface area contributed by atoms with Crippen molar-refractivity contribution in [2.24, 2.45) is 0 Å². The fraction of sp³-hybridized carbons (Fsp3) is 0.259. The van der Waals surface area contributed by atoms with E-state index in [1.54, 1.807) is 24.3 Å². The summed E-state index contributed by atoms with van der Waals surface area (Å²) in [7, 11) is 0. The first kappa shape index (κ1) is 23.1. The number of amides is 2. The Morgan fingerprint density at radius 2 is 1.50 bits per heavy atom. The van der Waals surface area contributed by atoms with E-state index < -0.39 is 0 Å². The van der Waals surface area contributed by atoms with E-state index in [0.29, 0.717) is 17.0 Å². The van der Waals surface area contributed by atoms with Gasteiger partial charge < -0.3 is 15.4 Å². The van der Waals surface area contributed by atoms with Gasteiger partial charge in [-0.3, -0.25) is 9.59 Å². The predicted octanol–water partition coefficient (Wildman–Crippen LogP) is 5.49. The molecule has 32 heavy (non-hydrogen) atoms. The second-order valence-corrected chi connectivity index (χ2v) is 8.73. The number of hydrogen-bond acceptors (Lipinski definition) is 3. The van der Waals surface area contributed by atoms with Gasteiger partial charge >= 0.3 is 0 Å². The van der Waals surface area contributed by atoms with E-state index in [1.807, 2.05) is 61.5 Å². The van der Waals surface area contributed by atoms with Crippen LogP contribution in [0.5, 0.6) is 5.75 Å². The Bertz CT molecular complexity index is 1070. The standard InChI is InChI=1S/C27H30N2O3/c1-19(20-12-6-5-7-13-20)28-26(31)21-14-8-10-16-23(21)29-25(30)18-32-24-17-11-9-15-22(24)27(2,3)4/h5-17,19H,18H2,1-4H3,(H,28,31)(H,29,30)/t19-/m0/s1. The zero-order valence-electron chi connectivity index (χ0n) is 19.0. The second kappa shape index (κ2) is 10.1. The van der Waals surface area contributed by atoms with E-state index in [1.165, 1.54) is 0 Å². The third-order valence-electron chi connectivity index (χ3n) is 5.15. The largest absolute Gasteiger partial charge is 0.483 e. The molecule has 3 rings (SSSR count). The third-order valence-corrected chi connectivity index (χ3v) is 5.15. The monoisotopic (exact) mass is 430 g/mol. The van der Waals surface area contributed by atoms with Crippen molar-refractivity contribution >= 4 is 17.5 Å². The van der Waals surface area contributed by atoms with Gasteiger partial charge in [0.05, 0.1) is 17.3 Å². The number of rotatable bonds is 7. The molecule has 3 aromatic rings. The molecule has 166 valence electrons. The molecule has 0 aliphatic heterocycles. The molecule has 0 fully saturated rings. The van der Waals surface area contributed by atoms with Gasteiger partial charge in [0.25, 0.3) is 11.8 Å². The Hall–Kier alpha value is -3.60. The molecule has 0 spiro atoms. The van der Waals surface area contributed by atoms with E-state index in [9.17, 15) is 9.59 Å². The molecular formula is C27H30N2O3. The Labute approximate surface area is 189 Å². The minimum atomic E-state index is -0.329. The van der Waals surface area contributed by atoms with Crippen molar-refractivity contribution in [1.82, 2.24) is 5.32 Å². The maximum Gasteiger partial charge on any atom is 0.262 e. The van der Waals surface area contributed by atoms with Crippen LogP contribution in [0.15, 0.2) is 78.9 Å². The summed E-state index contributed by atoms with van der Waals surface area (Å²) in [5.41, 5.74) is 2.78. The molecular weight excluding hydrogens is 400 g/mol. The van der Waals surface area contributed by atoms with E-state index in [2.05, 4.69) is 31.4 Å². The molecule has 3 aromatic carbocycles. The minimum Gasteiger partial charge on any atom is -0.483 e. The van der Waals surface area contributed by atoms with Crippen LogP contribution in [-0.4, -0.2) is 18.4 Å². The van der Waals surface area contributed by atoms with Gasteiger partial charge in [0.15, 0.2) is 6.61 Å². The van der Waals surface area contributed by atoms with Gasteiger partial charge in [0.1, 0.15) is 5.75 Å². The van der Waals surface area contributed by atoms with Crippen molar-refractivity contribution in [3.8, 4) is 5.75 Å². The Balaban J connectivity index is 1.66. The summed E-state index contributed by atoms with van der Waals surface area (Å²) < 4.78 is 5.81. The highest BCUT2D eigenvalue weighted by Gasteiger charge is 2.20. The molecule has 0 radical (unpaired) electrons. The molecule has 5 nitrogen and oxygen atoms in total. The fourth-order valence-corrected chi connectivity index (χ4v) is 3.43. The highest BCUT2D eigenvalue weighted by atomic mass is 16.5. The van der Waals surface area contributed by atoms with Crippen LogP contribution in [-0.2, 0) is 10.2 Å². The average molecular weight is 431 g/mol. The molecule has 0 saturated heterocycles. The van der Waals surface area contributed by atoms with Crippen molar-refractivity contribution in [3.63, 3.8) is 0 Å². The van der Waals surface area contributed by atoms with E-state index in [4.69, 9.17) is 4.74 Å². The van der Waals surface area contributed by atoms with Gasteiger partial charge in [0, 0.05) is 0 Å². The van der Waals surface area contributed by atoms with Gasteiger partial charge in [-0.05, 0) is 41.7 Å². The third kappa shape index (κ3) is 5.97. The normalized spacial score (nSPS) is 12.0. The topological polar surface area (TPSA) is 67.4 Å². The first-order valence-electron chi connectivity index (χ1n) is 10.7. The Morgan fingerprint density at radius 3 is 2.22 bits per heavy atom. The summed E-state index contributed by atoms with van der Waals surface area (Å²) in [5, 5.41) is 5.79. The lowest BCUT2D eigenvalue weighted by molar-refractivity contribution is -0.118. The van der Waals surface area contributed by atoms with Crippen LogP contribution < -0.4 is 15.4 Å². The van der Waals surface area contributed by atoms with Crippen molar-refractivity contribution in [3.05, 3.63) is 95.6 Å². The van der Waals surface area contributed by atoms with Gasteiger partial charge in [-0.1, -0.05) is 81.4 Å². The van der Waals surface area contributed by atoms with Crippen LogP contribution in [0.4, 0.5) is 5.69 Å². The Morgan fingerprint density at radius 1 is 0.875 bits per heavy atom. The average Bonchev–Trinajstić information content (AvgIpc) is 2.78. The van der Waals surface area contributed by atoms with E-state index in [-0.39, 0.29) is 29.9 Å². The lowest BCUT2D eigenvalue weighted by Gasteiger charge is -2.22. The molecule has 2 amide bonds. The number of carbonyl (C=O) groups is 2. The highest BCUT2D eigenvalue weighted by molar-refractivity contribution is 6.04. The van der Waals surface area contributed by atoms with Gasteiger partial charge in [0.2, 0.25) is 0 Å². The number of nitrogens with one attached hydrogen (secondary N) is 2. The highest BCUT2D eigenvalue weighted by Crippen LogP contribution is 2.31. The molecule has 0 saturated carbocycles. The smallest absolute Gasteiger partial charge is 0.262 e. The lowest BCUT2D eigenvalue weighted by Crippen LogP contribution is -2.28. The first-order valence-corrected chi connectivity index (χ1v) is 10.7. The number of benzene rings is 3. The van der Waals surface area contributed by atoms with Crippen molar-refractivity contribution < 1.29 is 14.3 Å². The van der Waals surface area contributed by atoms with Crippen LogP contribution in [0.1, 0.15) is 55.2 Å². The molecule has 2 N–H and O–H groups in total. The molecule has 1 atom stereocenters. The number of para-hydroxylation sites is 2. The quantitative estimate of drug-likeness (QED) is 0.521. The molecule has 5 heteroatoms. The van der Waals surface area contributed by atoms with Gasteiger partial charge in [-0.2, -0.15) is 0 Å². The number of hydrogen-bond donors (Lipinski definition) is 2. The molecule has 0 bridgehead atoms. The van der Waals surface area contributed by atoms with Crippen LogP contribution in [0.2, 0.25) is 0 Å². The van der Waals surface area contributed by atoms with Crippen LogP contribution >= 0.6 is 0 Å². The fourth-order valence-electron chi connectivity index (χ4n) is 3.43. The molecule has 0 aliphatic carbocycles. The van der Waals surface area contributed by atoms with Crippen LogP contribution in [0.25, 0.3) is 0 Å². The lowest BCUT2D eigenvalue weighted by atomic mass is 9.86. The number of ether oxygens (including phenoxy) is 1. The van der Waals surface area contributed by atoms with E-state index in [0.717, 1.165) is 11.1 Å². The zero-order valence-corrected chi connectivity index (χ0v) is 19.0. The minimum absolute atomic E-state index is 0.104. The maximum atomic E-state index is 12.9. The van der Waals surface area contributed by atoms with Crippen molar-refractivity contribution in [2.45, 2.75) is 39.2 Å². The molecule has 0 unspecified atom stereocenters. The predicted molar refractivity (Wildman–Crippen MR) is 128 cm³/mol. The van der Waals surface area contributed by atoms with Crippen LogP contribution in [0, 0.1) is 0 Å². The molecule has 0 aromatic heterocycles.